The lowest BCUT2D eigenvalue weighted by molar-refractivity contribution is -0.138. The van der Waals surface area contributed by atoms with Crippen molar-refractivity contribution in [1.82, 2.24) is 10.2 Å². The lowest BCUT2D eigenvalue weighted by Gasteiger charge is -2.40. The lowest BCUT2D eigenvalue weighted by Crippen LogP contribution is -2.51. The van der Waals surface area contributed by atoms with Gasteiger partial charge < -0.3 is 20.1 Å². The second kappa shape index (κ2) is 12.9. The molecule has 8 heteroatoms. The number of aliphatic hydroxyl groups excluding tert-OH is 1. The van der Waals surface area contributed by atoms with Crippen LogP contribution in [0, 0.1) is 5.92 Å². The molecule has 0 bridgehead atoms. The highest BCUT2D eigenvalue weighted by Crippen LogP contribution is 2.41. The van der Waals surface area contributed by atoms with Gasteiger partial charge in [-0.25, -0.2) is 0 Å². The van der Waals surface area contributed by atoms with Crippen molar-refractivity contribution in [3.8, 4) is 5.75 Å². The number of nitrogens with zero attached hydrogens (tertiary/aromatic N) is 1. The van der Waals surface area contributed by atoms with Crippen LogP contribution in [-0.4, -0.2) is 48.6 Å². The maximum absolute atomic E-state index is 13.8. The molecule has 0 aliphatic carbocycles. The SMILES string of the molecule is CO.COc1ccc2c(c1)CCN1C(=O)C(NC(=O)C(c3ccc(Cl)cc3)c3ccc(Cl)cc3)CCC(C)C21. The fourth-order valence-electron chi connectivity index (χ4n) is 5.73. The molecule has 2 aliphatic heterocycles. The summed E-state index contributed by atoms with van der Waals surface area (Å²) in [6.07, 6.45) is 2.19. The minimum atomic E-state index is -0.589. The molecule has 3 aromatic carbocycles. The number of nitrogens with one attached hydrogen (secondary N) is 1. The Morgan fingerprint density at radius 1 is 0.974 bits per heavy atom. The van der Waals surface area contributed by atoms with Gasteiger partial charge in [0.1, 0.15) is 11.8 Å². The quantitative estimate of drug-likeness (QED) is 0.408. The van der Waals surface area contributed by atoms with Crippen LogP contribution in [0.25, 0.3) is 0 Å². The smallest absolute Gasteiger partial charge is 0.245 e. The van der Waals surface area contributed by atoms with Crippen molar-refractivity contribution >= 4 is 35.0 Å². The van der Waals surface area contributed by atoms with Crippen LogP contribution in [0.1, 0.15) is 54.0 Å². The Labute approximate surface area is 239 Å². The molecule has 2 amide bonds. The van der Waals surface area contributed by atoms with E-state index in [4.69, 9.17) is 33.0 Å². The maximum Gasteiger partial charge on any atom is 0.245 e. The summed E-state index contributed by atoms with van der Waals surface area (Å²) in [6, 6.07) is 20.0. The monoisotopic (exact) mass is 568 g/mol. The summed E-state index contributed by atoms with van der Waals surface area (Å²) < 4.78 is 5.42. The predicted molar refractivity (Wildman–Crippen MR) is 154 cm³/mol. The zero-order chi connectivity index (χ0) is 28.1. The number of rotatable bonds is 5. The molecule has 5 rings (SSSR count). The van der Waals surface area contributed by atoms with E-state index in [1.54, 1.807) is 31.4 Å². The molecular formula is C31H34Cl2N2O4. The number of hydrogen-bond acceptors (Lipinski definition) is 4. The molecule has 3 aromatic rings. The van der Waals surface area contributed by atoms with E-state index in [1.165, 1.54) is 11.1 Å². The Kier molecular flexibility index (Phi) is 9.54. The van der Waals surface area contributed by atoms with E-state index in [9.17, 15) is 9.59 Å². The second-order valence-electron chi connectivity index (χ2n) is 9.94. The van der Waals surface area contributed by atoms with Crippen LogP contribution in [0.5, 0.6) is 5.75 Å². The summed E-state index contributed by atoms with van der Waals surface area (Å²) in [5, 5.41) is 11.3. The van der Waals surface area contributed by atoms with Crippen LogP contribution in [0.4, 0.5) is 0 Å². The van der Waals surface area contributed by atoms with E-state index < -0.39 is 12.0 Å². The molecule has 2 N–H and O–H groups in total. The van der Waals surface area contributed by atoms with Crippen molar-refractivity contribution in [2.45, 2.75) is 44.2 Å². The van der Waals surface area contributed by atoms with Gasteiger partial charge >= 0.3 is 0 Å². The highest BCUT2D eigenvalue weighted by atomic mass is 35.5. The zero-order valence-corrected chi connectivity index (χ0v) is 23.9. The van der Waals surface area contributed by atoms with Crippen LogP contribution in [-0.2, 0) is 16.0 Å². The molecule has 206 valence electrons. The highest BCUT2D eigenvalue weighted by Gasteiger charge is 2.41. The Morgan fingerprint density at radius 2 is 1.56 bits per heavy atom. The third-order valence-corrected chi connectivity index (χ3v) is 8.15. The molecule has 2 heterocycles. The fraction of sp³-hybridized carbons (Fsp3) is 0.355. The number of fused-ring (bicyclic) bond motifs is 3. The van der Waals surface area contributed by atoms with Gasteiger partial charge in [0.05, 0.1) is 19.1 Å². The average molecular weight is 570 g/mol. The number of hydrogen-bond donors (Lipinski definition) is 2. The van der Waals surface area contributed by atoms with Gasteiger partial charge in [-0.05, 0) is 83.8 Å². The van der Waals surface area contributed by atoms with Crippen LogP contribution in [0.3, 0.4) is 0 Å². The van der Waals surface area contributed by atoms with Crippen LogP contribution in [0.2, 0.25) is 10.0 Å². The third-order valence-electron chi connectivity index (χ3n) is 7.64. The maximum atomic E-state index is 13.8. The number of halogens is 2. The summed E-state index contributed by atoms with van der Waals surface area (Å²) >= 11 is 12.2. The van der Waals surface area contributed by atoms with Gasteiger partial charge in [-0.1, -0.05) is 60.5 Å². The number of amides is 2. The summed E-state index contributed by atoms with van der Waals surface area (Å²) in [4.78, 5) is 29.6. The van der Waals surface area contributed by atoms with Crippen molar-refractivity contribution in [3.63, 3.8) is 0 Å². The second-order valence-corrected chi connectivity index (χ2v) is 10.8. The van der Waals surface area contributed by atoms with Crippen molar-refractivity contribution in [1.29, 1.82) is 0 Å². The molecule has 0 spiro atoms. The van der Waals surface area contributed by atoms with Crippen molar-refractivity contribution in [3.05, 3.63) is 99.0 Å². The van der Waals surface area contributed by atoms with Gasteiger partial charge in [-0.2, -0.15) is 0 Å². The Morgan fingerprint density at radius 3 is 2.13 bits per heavy atom. The largest absolute Gasteiger partial charge is 0.497 e. The predicted octanol–water partition coefficient (Wildman–Crippen LogP) is 5.78. The number of methoxy groups -OCH3 is 1. The number of benzene rings is 3. The molecule has 3 atom stereocenters. The molecule has 0 saturated carbocycles. The van der Waals surface area contributed by atoms with Gasteiger partial charge in [-0.15, -0.1) is 0 Å². The standard InChI is InChI=1S/C30H30Cl2N2O3.CH4O/c1-18-3-14-26(30(36)34-16-15-21-17-24(37-2)12-13-25(21)28(18)34)33-29(35)27(19-4-8-22(31)9-5-19)20-6-10-23(32)11-7-20;1-2/h4-13,17-18,26-28H,3,14-16H2,1-2H3,(H,33,35);2H,1H3. The lowest BCUT2D eigenvalue weighted by atomic mass is 9.84. The summed E-state index contributed by atoms with van der Waals surface area (Å²) in [5.41, 5.74) is 4.02. The van der Waals surface area contributed by atoms with Crippen molar-refractivity contribution < 1.29 is 19.4 Å². The molecular weight excluding hydrogens is 535 g/mol. The first-order chi connectivity index (χ1) is 18.9. The van der Waals surface area contributed by atoms with E-state index in [1.807, 2.05) is 35.2 Å². The van der Waals surface area contributed by atoms with Crippen molar-refractivity contribution in [2.24, 2.45) is 5.92 Å². The first-order valence-corrected chi connectivity index (χ1v) is 13.8. The first kappa shape index (κ1) is 28.9. The molecule has 1 fully saturated rings. The van der Waals surface area contributed by atoms with E-state index in [0.717, 1.165) is 36.8 Å². The van der Waals surface area contributed by atoms with E-state index >= 15 is 0 Å². The van der Waals surface area contributed by atoms with E-state index in [-0.39, 0.29) is 23.8 Å². The Bertz CT molecular complexity index is 1250. The van der Waals surface area contributed by atoms with Gasteiger partial charge in [0, 0.05) is 23.7 Å². The topological polar surface area (TPSA) is 78.9 Å². The van der Waals surface area contributed by atoms with Gasteiger partial charge in [0.2, 0.25) is 11.8 Å². The van der Waals surface area contributed by atoms with Gasteiger partial charge in [0.25, 0.3) is 0 Å². The molecule has 2 aliphatic rings. The fourth-order valence-corrected chi connectivity index (χ4v) is 5.98. The van der Waals surface area contributed by atoms with Gasteiger partial charge in [0.15, 0.2) is 0 Å². The number of aliphatic hydroxyl groups is 1. The molecule has 0 radical (unpaired) electrons. The zero-order valence-electron chi connectivity index (χ0n) is 22.4. The average Bonchev–Trinajstić information content (AvgIpc) is 3.08. The number of ether oxygens (including phenoxy) is 1. The number of carbonyl (C=O) groups excluding carboxylic acids is 2. The molecule has 39 heavy (non-hydrogen) atoms. The molecule has 3 unspecified atom stereocenters. The van der Waals surface area contributed by atoms with Crippen LogP contribution in [0.15, 0.2) is 66.7 Å². The summed E-state index contributed by atoms with van der Waals surface area (Å²) in [5.74, 6) is 0.279. The third kappa shape index (κ3) is 6.24. The minimum Gasteiger partial charge on any atom is -0.497 e. The minimum absolute atomic E-state index is 0.00705. The normalized spacial score (nSPS) is 20.2. The van der Waals surface area contributed by atoms with E-state index in [2.05, 4.69) is 24.4 Å². The molecule has 0 aromatic heterocycles. The van der Waals surface area contributed by atoms with Crippen LogP contribution < -0.4 is 10.1 Å². The van der Waals surface area contributed by atoms with E-state index in [0.29, 0.717) is 23.0 Å². The number of carbonyl (C=O) groups is 2. The summed E-state index contributed by atoms with van der Waals surface area (Å²) in [7, 11) is 2.67. The highest BCUT2D eigenvalue weighted by molar-refractivity contribution is 6.30. The Hall–Kier alpha value is -3.06. The van der Waals surface area contributed by atoms with Crippen molar-refractivity contribution in [2.75, 3.05) is 20.8 Å². The van der Waals surface area contributed by atoms with Crippen LogP contribution >= 0.6 is 23.2 Å². The first-order valence-electron chi connectivity index (χ1n) is 13.1. The molecule has 1 saturated heterocycles. The van der Waals surface area contributed by atoms with Gasteiger partial charge in [-0.3, -0.25) is 9.59 Å². The molecule has 6 nitrogen and oxygen atoms in total. The summed E-state index contributed by atoms with van der Waals surface area (Å²) in [6.45, 7) is 2.82. The Balaban J connectivity index is 0.00000172.